The molecule has 1 aliphatic rings. The summed E-state index contributed by atoms with van der Waals surface area (Å²) in [7, 11) is 3.84. The number of H-pyrrole nitrogens is 1. The van der Waals surface area contributed by atoms with Crippen LogP contribution >= 0.6 is 11.3 Å². The highest BCUT2D eigenvalue weighted by Crippen LogP contribution is 2.28. The molecule has 2 N–H and O–H groups in total. The molecule has 1 aliphatic heterocycles. The van der Waals surface area contributed by atoms with Crippen molar-refractivity contribution in [1.29, 1.82) is 0 Å². The molecule has 7 nitrogen and oxygen atoms in total. The van der Waals surface area contributed by atoms with E-state index in [2.05, 4.69) is 15.3 Å². The Morgan fingerprint density at radius 3 is 2.70 bits per heavy atom. The SMILES string of the molecule is Cc1c(C(=O)N2CCNCC2)sc2nc(CN(C)C)[nH]c(=O)c12. The topological polar surface area (TPSA) is 81.3 Å². The zero-order valence-electron chi connectivity index (χ0n) is 13.6. The fourth-order valence-electron chi connectivity index (χ4n) is 2.78. The van der Waals surface area contributed by atoms with Crippen LogP contribution in [0.15, 0.2) is 4.79 Å². The van der Waals surface area contributed by atoms with Crippen molar-refractivity contribution < 1.29 is 4.79 Å². The third-order valence-corrected chi connectivity index (χ3v) is 5.09. The number of nitrogens with zero attached hydrogens (tertiary/aromatic N) is 3. The zero-order chi connectivity index (χ0) is 16.6. The molecule has 0 aliphatic carbocycles. The summed E-state index contributed by atoms with van der Waals surface area (Å²) in [5, 5.41) is 3.77. The number of amides is 1. The van der Waals surface area contributed by atoms with Gasteiger partial charge in [-0.2, -0.15) is 0 Å². The standard InChI is InChI=1S/C15H21N5O2S/c1-9-11-13(21)17-10(8-19(2)3)18-14(11)23-12(9)15(22)20-6-4-16-5-7-20/h16H,4-8H2,1-3H3,(H,17,18,21). The smallest absolute Gasteiger partial charge is 0.264 e. The minimum Gasteiger partial charge on any atom is -0.335 e. The third kappa shape index (κ3) is 3.15. The van der Waals surface area contributed by atoms with Crippen LogP contribution in [0.2, 0.25) is 0 Å². The number of hydrogen-bond donors (Lipinski definition) is 2. The molecule has 8 heteroatoms. The van der Waals surface area contributed by atoms with Crippen molar-refractivity contribution in [2.45, 2.75) is 13.5 Å². The molecule has 3 heterocycles. The molecule has 0 spiro atoms. The summed E-state index contributed by atoms with van der Waals surface area (Å²) >= 11 is 1.32. The first-order valence-electron chi connectivity index (χ1n) is 7.64. The molecule has 3 rings (SSSR count). The lowest BCUT2D eigenvalue weighted by Crippen LogP contribution is -2.46. The largest absolute Gasteiger partial charge is 0.335 e. The summed E-state index contributed by atoms with van der Waals surface area (Å²) in [5.41, 5.74) is 0.568. The average Bonchev–Trinajstić information content (AvgIpc) is 2.84. The summed E-state index contributed by atoms with van der Waals surface area (Å²) in [6.07, 6.45) is 0. The van der Waals surface area contributed by atoms with E-state index in [9.17, 15) is 9.59 Å². The van der Waals surface area contributed by atoms with Crippen LogP contribution < -0.4 is 10.9 Å². The van der Waals surface area contributed by atoms with Crippen LogP contribution in [0.1, 0.15) is 21.1 Å². The van der Waals surface area contributed by atoms with E-state index in [-0.39, 0.29) is 11.5 Å². The fourth-order valence-corrected chi connectivity index (χ4v) is 3.95. The summed E-state index contributed by atoms with van der Waals surface area (Å²) < 4.78 is 0. The van der Waals surface area contributed by atoms with Crippen molar-refractivity contribution >= 4 is 27.5 Å². The Kier molecular flexibility index (Phi) is 4.47. The first kappa shape index (κ1) is 16.1. The van der Waals surface area contributed by atoms with E-state index in [1.54, 1.807) is 0 Å². The molecule has 1 fully saturated rings. The highest BCUT2D eigenvalue weighted by atomic mass is 32.1. The molecule has 124 valence electrons. The summed E-state index contributed by atoms with van der Waals surface area (Å²) in [6.45, 7) is 5.40. The van der Waals surface area contributed by atoms with Crippen molar-refractivity contribution in [3.05, 3.63) is 26.6 Å². The predicted molar refractivity (Wildman–Crippen MR) is 91.1 cm³/mol. The van der Waals surface area contributed by atoms with Crippen LogP contribution in [-0.4, -0.2) is 65.9 Å². The molecular weight excluding hydrogens is 314 g/mol. The van der Waals surface area contributed by atoms with Gasteiger partial charge in [-0.15, -0.1) is 11.3 Å². The second-order valence-corrected chi connectivity index (χ2v) is 7.03. The van der Waals surface area contributed by atoms with Gasteiger partial charge in [0, 0.05) is 26.2 Å². The van der Waals surface area contributed by atoms with Gasteiger partial charge < -0.3 is 20.1 Å². The van der Waals surface area contributed by atoms with Crippen molar-refractivity contribution in [2.75, 3.05) is 40.3 Å². The monoisotopic (exact) mass is 335 g/mol. The first-order chi connectivity index (χ1) is 11.0. The lowest BCUT2D eigenvalue weighted by molar-refractivity contribution is 0.0740. The van der Waals surface area contributed by atoms with Crippen molar-refractivity contribution in [2.24, 2.45) is 0 Å². The number of nitrogens with one attached hydrogen (secondary N) is 2. The zero-order valence-corrected chi connectivity index (χ0v) is 14.4. The molecule has 0 bridgehead atoms. The maximum absolute atomic E-state index is 12.7. The molecule has 0 aromatic carbocycles. The maximum Gasteiger partial charge on any atom is 0.264 e. The van der Waals surface area contributed by atoms with Crippen LogP contribution in [0.5, 0.6) is 0 Å². The predicted octanol–water partition coefficient (Wildman–Crippen LogP) is 0.400. The van der Waals surface area contributed by atoms with E-state index in [1.165, 1.54) is 11.3 Å². The van der Waals surface area contributed by atoms with Gasteiger partial charge in [0.1, 0.15) is 10.7 Å². The van der Waals surface area contributed by atoms with Gasteiger partial charge in [-0.1, -0.05) is 0 Å². The summed E-state index contributed by atoms with van der Waals surface area (Å²) in [5.74, 6) is 0.621. The van der Waals surface area contributed by atoms with Gasteiger partial charge in [-0.05, 0) is 26.6 Å². The molecule has 0 saturated carbocycles. The number of hydrogen-bond acceptors (Lipinski definition) is 6. The second-order valence-electron chi connectivity index (χ2n) is 6.03. The lowest BCUT2D eigenvalue weighted by Gasteiger charge is -2.27. The number of aryl methyl sites for hydroxylation is 1. The normalized spacial score (nSPS) is 15.6. The quantitative estimate of drug-likeness (QED) is 0.849. The van der Waals surface area contributed by atoms with Gasteiger partial charge in [-0.3, -0.25) is 9.59 Å². The molecule has 2 aromatic rings. The van der Waals surface area contributed by atoms with Crippen molar-refractivity contribution in [3.63, 3.8) is 0 Å². The molecule has 1 amide bonds. The van der Waals surface area contributed by atoms with Crippen LogP contribution in [0.3, 0.4) is 0 Å². The highest BCUT2D eigenvalue weighted by Gasteiger charge is 2.24. The second kappa shape index (κ2) is 6.38. The number of fused-ring (bicyclic) bond motifs is 1. The summed E-state index contributed by atoms with van der Waals surface area (Å²) in [6, 6.07) is 0. The van der Waals surface area contributed by atoms with Gasteiger partial charge in [0.25, 0.3) is 11.5 Å². The van der Waals surface area contributed by atoms with Crippen LogP contribution in [0, 0.1) is 6.92 Å². The van der Waals surface area contributed by atoms with E-state index < -0.39 is 0 Å². The number of thiophene rings is 1. The Balaban J connectivity index is 2.02. The Morgan fingerprint density at radius 2 is 2.04 bits per heavy atom. The van der Waals surface area contributed by atoms with Crippen molar-refractivity contribution in [3.8, 4) is 0 Å². The Hall–Kier alpha value is -1.77. The Bertz CT molecular complexity index is 789. The summed E-state index contributed by atoms with van der Waals surface area (Å²) in [4.78, 5) is 37.5. The number of rotatable bonds is 3. The van der Waals surface area contributed by atoms with Gasteiger partial charge in [0.15, 0.2) is 0 Å². The molecular formula is C15H21N5O2S. The lowest BCUT2D eigenvalue weighted by atomic mass is 10.2. The van der Waals surface area contributed by atoms with Crippen LogP contribution in [-0.2, 0) is 6.54 Å². The van der Waals surface area contributed by atoms with Gasteiger partial charge in [0.2, 0.25) is 0 Å². The van der Waals surface area contributed by atoms with E-state index in [1.807, 2.05) is 30.8 Å². The van der Waals surface area contributed by atoms with E-state index >= 15 is 0 Å². The first-order valence-corrected chi connectivity index (χ1v) is 8.46. The number of aromatic amines is 1. The average molecular weight is 335 g/mol. The van der Waals surface area contributed by atoms with E-state index in [4.69, 9.17) is 0 Å². The Morgan fingerprint density at radius 1 is 1.35 bits per heavy atom. The molecule has 1 saturated heterocycles. The molecule has 2 aromatic heterocycles. The molecule has 0 unspecified atom stereocenters. The van der Waals surface area contributed by atoms with Gasteiger partial charge in [0.05, 0.1) is 16.8 Å². The van der Waals surface area contributed by atoms with E-state index in [0.29, 0.717) is 40.6 Å². The fraction of sp³-hybridized carbons (Fsp3) is 0.533. The molecule has 0 radical (unpaired) electrons. The Labute approximate surface area is 138 Å². The minimum absolute atomic E-state index is 0.000518. The number of piperazine rings is 1. The maximum atomic E-state index is 12.7. The van der Waals surface area contributed by atoms with Crippen molar-refractivity contribution in [1.82, 2.24) is 25.1 Å². The highest BCUT2D eigenvalue weighted by molar-refractivity contribution is 7.20. The number of carbonyl (C=O) groups excluding carboxylic acids is 1. The number of aromatic nitrogens is 2. The number of carbonyl (C=O) groups is 1. The van der Waals surface area contributed by atoms with Gasteiger partial charge >= 0.3 is 0 Å². The molecule has 23 heavy (non-hydrogen) atoms. The van der Waals surface area contributed by atoms with Crippen LogP contribution in [0.4, 0.5) is 0 Å². The molecule has 0 atom stereocenters. The van der Waals surface area contributed by atoms with E-state index in [0.717, 1.165) is 18.7 Å². The minimum atomic E-state index is -0.167. The third-order valence-electron chi connectivity index (χ3n) is 3.91. The van der Waals surface area contributed by atoms with Gasteiger partial charge in [-0.25, -0.2) is 4.98 Å². The van der Waals surface area contributed by atoms with Crippen LogP contribution in [0.25, 0.3) is 10.2 Å².